The first-order valence-electron chi connectivity index (χ1n) is 9.24. The van der Waals surface area contributed by atoms with Crippen LogP contribution in [0.5, 0.6) is 11.5 Å². The van der Waals surface area contributed by atoms with Gasteiger partial charge >= 0.3 is 7.75 Å². The third-order valence-corrected chi connectivity index (χ3v) is 6.09. The second-order valence-corrected chi connectivity index (χ2v) is 8.24. The van der Waals surface area contributed by atoms with Gasteiger partial charge in [-0.1, -0.05) is 42.5 Å². The Balaban J connectivity index is 1.89. The number of para-hydroxylation sites is 2. The summed E-state index contributed by atoms with van der Waals surface area (Å²) < 4.78 is 36.4. The fourth-order valence-electron chi connectivity index (χ4n) is 3.15. The number of ether oxygens (including phenoxy) is 3. The van der Waals surface area contributed by atoms with E-state index in [0.29, 0.717) is 31.3 Å². The van der Waals surface area contributed by atoms with Gasteiger partial charge in [-0.3, -0.25) is 0 Å². The lowest BCUT2D eigenvalue weighted by Gasteiger charge is -2.37. The fraction of sp³-hybridized carbons (Fsp3) is 0.400. The average molecular weight is 407 g/mol. The minimum absolute atomic E-state index is 0.206. The third kappa shape index (κ3) is 4.93. The van der Waals surface area contributed by atoms with Crippen LogP contribution in [-0.2, 0) is 13.8 Å². The maximum absolute atomic E-state index is 12.3. The second kappa shape index (κ2) is 9.54. The smallest absolute Gasteiger partial charge is 0.405 e. The summed E-state index contributed by atoms with van der Waals surface area (Å²) in [6.07, 6.45) is -0.941. The minimum atomic E-state index is -3.85. The normalized spacial score (nSPS) is 20.9. The molecule has 152 valence electrons. The molecule has 2 aromatic carbocycles. The van der Waals surface area contributed by atoms with Crippen LogP contribution >= 0.6 is 7.75 Å². The van der Waals surface area contributed by atoms with E-state index in [1.54, 1.807) is 0 Å². The number of hydrogen-bond acceptors (Lipinski definition) is 5. The molecule has 1 saturated heterocycles. The molecule has 8 heteroatoms. The highest BCUT2D eigenvalue weighted by Crippen LogP contribution is 2.47. The Bertz CT molecular complexity index is 802. The lowest BCUT2D eigenvalue weighted by Crippen LogP contribution is -2.44. The molecule has 0 saturated carbocycles. The molecule has 0 aliphatic carbocycles. The first kappa shape index (κ1) is 20.8. The Hall–Kier alpha value is -1.89. The highest BCUT2D eigenvalue weighted by molar-refractivity contribution is 7.50. The van der Waals surface area contributed by atoms with Crippen molar-refractivity contribution in [1.29, 1.82) is 0 Å². The van der Waals surface area contributed by atoms with Crippen LogP contribution in [0.15, 0.2) is 54.6 Å². The van der Waals surface area contributed by atoms with Gasteiger partial charge in [0, 0.05) is 20.2 Å². The SMILES string of the molecule is CCOc1ccccc1OC(c1ccccc1)C1CN(P(=O)(O)OC)CCO1. The van der Waals surface area contributed by atoms with Crippen LogP contribution < -0.4 is 9.47 Å². The monoisotopic (exact) mass is 407 g/mol. The molecule has 1 heterocycles. The largest absolute Gasteiger partial charge is 0.490 e. The van der Waals surface area contributed by atoms with E-state index in [-0.39, 0.29) is 6.54 Å². The van der Waals surface area contributed by atoms with Crippen molar-refractivity contribution in [1.82, 2.24) is 4.67 Å². The zero-order valence-corrected chi connectivity index (χ0v) is 17.0. The summed E-state index contributed by atoms with van der Waals surface area (Å²) in [5, 5.41) is 0. The molecule has 0 aromatic heterocycles. The summed E-state index contributed by atoms with van der Waals surface area (Å²) in [6.45, 7) is 3.26. The van der Waals surface area contributed by atoms with E-state index in [9.17, 15) is 9.46 Å². The van der Waals surface area contributed by atoms with Crippen LogP contribution in [0.4, 0.5) is 0 Å². The first-order valence-corrected chi connectivity index (χ1v) is 10.8. The van der Waals surface area contributed by atoms with Crippen molar-refractivity contribution >= 4 is 7.75 Å². The highest BCUT2D eigenvalue weighted by atomic mass is 31.2. The Morgan fingerprint density at radius 2 is 1.86 bits per heavy atom. The van der Waals surface area contributed by atoms with Crippen LogP contribution in [0.1, 0.15) is 18.6 Å². The van der Waals surface area contributed by atoms with E-state index >= 15 is 0 Å². The molecule has 3 rings (SSSR count). The number of benzene rings is 2. The summed E-state index contributed by atoms with van der Waals surface area (Å²) in [5.74, 6) is 1.24. The molecule has 0 spiro atoms. The maximum atomic E-state index is 12.3. The molecule has 3 unspecified atom stereocenters. The van der Waals surface area contributed by atoms with E-state index in [1.165, 1.54) is 11.8 Å². The van der Waals surface area contributed by atoms with Crippen LogP contribution in [0.2, 0.25) is 0 Å². The summed E-state index contributed by atoms with van der Waals surface area (Å²) in [4.78, 5) is 10.1. The average Bonchev–Trinajstić information content (AvgIpc) is 2.74. The predicted octanol–water partition coefficient (Wildman–Crippen LogP) is 3.65. The summed E-state index contributed by atoms with van der Waals surface area (Å²) in [6, 6.07) is 17.1. The van der Waals surface area contributed by atoms with Crippen molar-refractivity contribution in [3.8, 4) is 11.5 Å². The molecular formula is C20H26NO6P. The topological polar surface area (TPSA) is 77.5 Å². The van der Waals surface area contributed by atoms with Crippen LogP contribution in [-0.4, -0.2) is 49.1 Å². The third-order valence-electron chi connectivity index (χ3n) is 4.54. The quantitative estimate of drug-likeness (QED) is 0.669. The van der Waals surface area contributed by atoms with Crippen molar-refractivity contribution in [2.24, 2.45) is 0 Å². The molecular weight excluding hydrogens is 381 g/mol. The van der Waals surface area contributed by atoms with Gasteiger partial charge < -0.3 is 23.6 Å². The van der Waals surface area contributed by atoms with Crippen molar-refractivity contribution in [2.75, 3.05) is 33.4 Å². The number of morpholine rings is 1. The van der Waals surface area contributed by atoms with Gasteiger partial charge in [-0.25, -0.2) is 9.24 Å². The van der Waals surface area contributed by atoms with Gasteiger partial charge in [0.2, 0.25) is 0 Å². The van der Waals surface area contributed by atoms with Gasteiger partial charge in [-0.2, -0.15) is 0 Å². The van der Waals surface area contributed by atoms with Gasteiger partial charge in [-0.15, -0.1) is 0 Å². The standard InChI is InChI=1S/C20H26NO6P/c1-3-25-17-11-7-8-12-18(17)27-20(16-9-5-4-6-10-16)19-15-21(13-14-26-19)28(22,23)24-2/h4-12,19-20H,3,13-15H2,1-2H3,(H,22,23). The van der Waals surface area contributed by atoms with E-state index in [1.807, 2.05) is 61.5 Å². The molecule has 28 heavy (non-hydrogen) atoms. The molecule has 0 bridgehead atoms. The maximum Gasteiger partial charge on any atom is 0.405 e. The lowest BCUT2D eigenvalue weighted by atomic mass is 10.0. The van der Waals surface area contributed by atoms with Gasteiger partial charge in [0.25, 0.3) is 0 Å². The van der Waals surface area contributed by atoms with Crippen LogP contribution in [0.25, 0.3) is 0 Å². The van der Waals surface area contributed by atoms with Gasteiger partial charge in [-0.05, 0) is 24.6 Å². The van der Waals surface area contributed by atoms with Crippen LogP contribution in [0.3, 0.4) is 0 Å². The van der Waals surface area contributed by atoms with E-state index in [2.05, 4.69) is 0 Å². The van der Waals surface area contributed by atoms with Gasteiger partial charge in [0.15, 0.2) is 17.6 Å². The molecule has 0 radical (unpaired) electrons. The summed E-state index contributed by atoms with van der Waals surface area (Å²) in [7, 11) is -2.62. The lowest BCUT2D eigenvalue weighted by molar-refractivity contribution is -0.0690. The first-order chi connectivity index (χ1) is 13.5. The molecule has 1 N–H and O–H groups in total. The molecule has 3 atom stereocenters. The van der Waals surface area contributed by atoms with E-state index < -0.39 is 20.0 Å². The van der Waals surface area contributed by atoms with Crippen LogP contribution in [0, 0.1) is 0 Å². The zero-order chi connectivity index (χ0) is 20.0. The van der Waals surface area contributed by atoms with Crippen molar-refractivity contribution < 1.29 is 28.2 Å². The van der Waals surface area contributed by atoms with Gasteiger partial charge in [0.05, 0.1) is 13.2 Å². The molecule has 7 nitrogen and oxygen atoms in total. The second-order valence-electron chi connectivity index (χ2n) is 6.32. The summed E-state index contributed by atoms with van der Waals surface area (Å²) in [5.41, 5.74) is 0.908. The van der Waals surface area contributed by atoms with Crippen molar-refractivity contribution in [2.45, 2.75) is 19.1 Å². The predicted molar refractivity (Wildman–Crippen MR) is 106 cm³/mol. The molecule has 1 fully saturated rings. The number of hydrogen-bond donors (Lipinski definition) is 1. The molecule has 1 aliphatic rings. The molecule has 1 aliphatic heterocycles. The fourth-order valence-corrected chi connectivity index (χ4v) is 4.08. The Morgan fingerprint density at radius 3 is 2.54 bits per heavy atom. The highest BCUT2D eigenvalue weighted by Gasteiger charge is 2.38. The molecule has 2 aromatic rings. The summed E-state index contributed by atoms with van der Waals surface area (Å²) >= 11 is 0. The Morgan fingerprint density at radius 1 is 1.18 bits per heavy atom. The van der Waals surface area contributed by atoms with Crippen molar-refractivity contribution in [3.63, 3.8) is 0 Å². The van der Waals surface area contributed by atoms with E-state index in [0.717, 1.165) is 5.56 Å². The minimum Gasteiger partial charge on any atom is -0.490 e. The molecule has 0 amide bonds. The van der Waals surface area contributed by atoms with Crippen molar-refractivity contribution in [3.05, 3.63) is 60.2 Å². The zero-order valence-electron chi connectivity index (χ0n) is 16.1. The number of rotatable bonds is 8. The van der Waals surface area contributed by atoms with Gasteiger partial charge in [0.1, 0.15) is 6.10 Å². The Kier molecular flexibility index (Phi) is 7.10. The van der Waals surface area contributed by atoms with E-state index in [4.69, 9.17) is 18.7 Å². The Labute approximate surface area is 165 Å². The number of nitrogens with zero attached hydrogens (tertiary/aromatic N) is 1.